The van der Waals surface area contributed by atoms with Crippen molar-refractivity contribution in [3.05, 3.63) is 18.2 Å². The van der Waals surface area contributed by atoms with Crippen LogP contribution in [-0.2, 0) is 0 Å². The first-order chi connectivity index (χ1) is 7.09. The van der Waals surface area contributed by atoms with Crippen molar-refractivity contribution in [1.29, 1.82) is 0 Å². The molecule has 5 N–H and O–H groups in total. The second-order valence-corrected chi connectivity index (χ2v) is 4.86. The molecule has 1 saturated carbocycles. The summed E-state index contributed by atoms with van der Waals surface area (Å²) in [6.45, 7) is 3.35. The highest BCUT2D eigenvalue weighted by Gasteiger charge is 2.31. The lowest BCUT2D eigenvalue weighted by atomic mass is 9.70. The van der Waals surface area contributed by atoms with Crippen molar-refractivity contribution >= 4 is 17.1 Å². The number of nitrogen functional groups attached to an aromatic ring is 2. The summed E-state index contributed by atoms with van der Waals surface area (Å²) in [5, 5.41) is 3.42. The number of anilines is 3. The van der Waals surface area contributed by atoms with Gasteiger partial charge in [-0.1, -0.05) is 13.3 Å². The van der Waals surface area contributed by atoms with Gasteiger partial charge in [-0.25, -0.2) is 0 Å². The Bertz CT molecular complexity index is 356. The van der Waals surface area contributed by atoms with Crippen LogP contribution in [0.25, 0.3) is 0 Å². The molecule has 0 radical (unpaired) electrons. The van der Waals surface area contributed by atoms with Gasteiger partial charge in [0.2, 0.25) is 0 Å². The highest BCUT2D eigenvalue weighted by Crippen LogP contribution is 2.40. The van der Waals surface area contributed by atoms with E-state index in [1.807, 2.05) is 18.2 Å². The third-order valence-electron chi connectivity index (χ3n) is 3.37. The van der Waals surface area contributed by atoms with E-state index < -0.39 is 0 Å². The fourth-order valence-electron chi connectivity index (χ4n) is 1.96. The number of benzene rings is 1. The molecule has 0 heterocycles. The maximum absolute atomic E-state index is 5.74. The maximum atomic E-state index is 5.74. The van der Waals surface area contributed by atoms with Gasteiger partial charge in [0, 0.05) is 12.2 Å². The summed E-state index contributed by atoms with van der Waals surface area (Å²) < 4.78 is 0. The summed E-state index contributed by atoms with van der Waals surface area (Å²) in [7, 11) is 0. The molecule has 0 spiro atoms. The highest BCUT2D eigenvalue weighted by atomic mass is 14.9. The van der Waals surface area contributed by atoms with Crippen LogP contribution in [-0.4, -0.2) is 6.54 Å². The Labute approximate surface area is 90.8 Å². The lowest BCUT2D eigenvalue weighted by molar-refractivity contribution is 0.180. The summed E-state index contributed by atoms with van der Waals surface area (Å²) in [6.07, 6.45) is 4.01. The first-order valence-corrected chi connectivity index (χ1v) is 5.48. The Hall–Kier alpha value is -1.38. The Morgan fingerprint density at radius 1 is 1.27 bits per heavy atom. The van der Waals surface area contributed by atoms with Gasteiger partial charge in [0.15, 0.2) is 0 Å². The van der Waals surface area contributed by atoms with Crippen molar-refractivity contribution in [3.63, 3.8) is 0 Å². The quantitative estimate of drug-likeness (QED) is 0.664. The van der Waals surface area contributed by atoms with Crippen LogP contribution in [0.2, 0.25) is 0 Å². The Morgan fingerprint density at radius 3 is 2.53 bits per heavy atom. The fraction of sp³-hybridized carbons (Fsp3) is 0.500. The van der Waals surface area contributed by atoms with E-state index in [-0.39, 0.29) is 0 Å². The molecule has 3 heteroatoms. The molecule has 1 aromatic carbocycles. The van der Waals surface area contributed by atoms with Crippen LogP contribution in [0.15, 0.2) is 18.2 Å². The van der Waals surface area contributed by atoms with Gasteiger partial charge in [0.25, 0.3) is 0 Å². The van der Waals surface area contributed by atoms with Crippen molar-refractivity contribution in [2.45, 2.75) is 26.2 Å². The summed E-state index contributed by atoms with van der Waals surface area (Å²) in [6, 6.07) is 5.73. The molecule has 1 aliphatic rings. The second-order valence-electron chi connectivity index (χ2n) is 4.86. The molecule has 82 valence electrons. The molecule has 0 aromatic heterocycles. The first-order valence-electron chi connectivity index (χ1n) is 5.48. The number of nitrogens with two attached hydrogens (primary N) is 2. The number of nitrogens with one attached hydrogen (secondary N) is 1. The third-order valence-corrected chi connectivity index (χ3v) is 3.37. The van der Waals surface area contributed by atoms with Crippen molar-refractivity contribution in [2.24, 2.45) is 5.41 Å². The molecule has 1 aromatic rings. The minimum absolute atomic E-state index is 0.482. The van der Waals surface area contributed by atoms with Gasteiger partial charge in [-0.15, -0.1) is 0 Å². The summed E-state index contributed by atoms with van der Waals surface area (Å²) in [4.78, 5) is 0. The minimum Gasteiger partial charge on any atom is -0.397 e. The minimum atomic E-state index is 0.482. The molecule has 1 fully saturated rings. The van der Waals surface area contributed by atoms with Gasteiger partial charge in [-0.05, 0) is 36.5 Å². The predicted octanol–water partition coefficient (Wildman–Crippen LogP) is 2.45. The van der Waals surface area contributed by atoms with Crippen molar-refractivity contribution < 1.29 is 0 Å². The normalized spacial score (nSPS) is 18.2. The average Bonchev–Trinajstić information content (AvgIpc) is 2.17. The van der Waals surface area contributed by atoms with Crippen LogP contribution >= 0.6 is 0 Å². The molecule has 0 amide bonds. The zero-order valence-corrected chi connectivity index (χ0v) is 9.22. The average molecular weight is 205 g/mol. The maximum Gasteiger partial charge on any atom is 0.0568 e. The van der Waals surface area contributed by atoms with Crippen LogP contribution in [0.1, 0.15) is 26.2 Å². The standard InChI is InChI=1S/C12H19N3/c1-12(5-2-6-12)8-15-9-3-4-10(13)11(14)7-9/h3-4,7,15H,2,5-6,8,13-14H2,1H3. The van der Waals surface area contributed by atoms with E-state index in [0.29, 0.717) is 16.8 Å². The smallest absolute Gasteiger partial charge is 0.0568 e. The van der Waals surface area contributed by atoms with E-state index >= 15 is 0 Å². The van der Waals surface area contributed by atoms with E-state index in [9.17, 15) is 0 Å². The van der Waals surface area contributed by atoms with E-state index in [1.165, 1.54) is 19.3 Å². The lowest BCUT2D eigenvalue weighted by Crippen LogP contribution is -2.33. The molecule has 0 bridgehead atoms. The Balaban J connectivity index is 1.96. The zero-order valence-electron chi connectivity index (χ0n) is 9.22. The van der Waals surface area contributed by atoms with E-state index in [2.05, 4.69) is 12.2 Å². The van der Waals surface area contributed by atoms with E-state index in [1.54, 1.807) is 0 Å². The van der Waals surface area contributed by atoms with Gasteiger partial charge in [0.05, 0.1) is 11.4 Å². The van der Waals surface area contributed by atoms with E-state index in [4.69, 9.17) is 11.5 Å². The van der Waals surface area contributed by atoms with Crippen LogP contribution in [0.3, 0.4) is 0 Å². The van der Waals surface area contributed by atoms with Crippen molar-refractivity contribution in [3.8, 4) is 0 Å². The fourth-order valence-corrected chi connectivity index (χ4v) is 1.96. The molecule has 2 rings (SSSR count). The van der Waals surface area contributed by atoms with Gasteiger partial charge in [-0.3, -0.25) is 0 Å². The van der Waals surface area contributed by atoms with Crippen LogP contribution in [0.4, 0.5) is 17.1 Å². The molecule has 15 heavy (non-hydrogen) atoms. The van der Waals surface area contributed by atoms with Gasteiger partial charge in [0.1, 0.15) is 0 Å². The summed E-state index contributed by atoms with van der Waals surface area (Å²) in [5.41, 5.74) is 14.2. The Morgan fingerprint density at radius 2 is 2.00 bits per heavy atom. The molecular formula is C12H19N3. The largest absolute Gasteiger partial charge is 0.397 e. The Kier molecular flexibility index (Phi) is 2.47. The molecule has 0 saturated heterocycles. The van der Waals surface area contributed by atoms with Gasteiger partial charge in [-0.2, -0.15) is 0 Å². The first kappa shape index (κ1) is 10.1. The van der Waals surface area contributed by atoms with Crippen molar-refractivity contribution in [2.75, 3.05) is 23.3 Å². The SMILES string of the molecule is CC1(CNc2ccc(N)c(N)c2)CCC1. The zero-order chi connectivity index (χ0) is 10.9. The van der Waals surface area contributed by atoms with Crippen LogP contribution in [0.5, 0.6) is 0 Å². The number of hydrogen-bond acceptors (Lipinski definition) is 3. The molecule has 3 nitrogen and oxygen atoms in total. The predicted molar refractivity (Wildman–Crippen MR) is 65.7 cm³/mol. The molecule has 0 aliphatic heterocycles. The summed E-state index contributed by atoms with van der Waals surface area (Å²) >= 11 is 0. The lowest BCUT2D eigenvalue weighted by Gasteiger charge is -2.38. The van der Waals surface area contributed by atoms with Crippen LogP contribution in [0, 0.1) is 5.41 Å². The van der Waals surface area contributed by atoms with Gasteiger partial charge < -0.3 is 16.8 Å². The second kappa shape index (κ2) is 3.65. The van der Waals surface area contributed by atoms with Gasteiger partial charge >= 0.3 is 0 Å². The van der Waals surface area contributed by atoms with Crippen LogP contribution < -0.4 is 16.8 Å². The number of rotatable bonds is 3. The number of hydrogen-bond donors (Lipinski definition) is 3. The summed E-state index contributed by atoms with van der Waals surface area (Å²) in [5.74, 6) is 0. The molecule has 0 unspecified atom stereocenters. The topological polar surface area (TPSA) is 64.1 Å². The van der Waals surface area contributed by atoms with E-state index in [0.717, 1.165) is 12.2 Å². The third kappa shape index (κ3) is 2.17. The molecule has 0 atom stereocenters. The van der Waals surface area contributed by atoms with Crippen molar-refractivity contribution in [1.82, 2.24) is 0 Å². The molecular weight excluding hydrogens is 186 g/mol. The molecule has 1 aliphatic carbocycles. The monoisotopic (exact) mass is 205 g/mol. The highest BCUT2D eigenvalue weighted by molar-refractivity contribution is 5.69.